The summed E-state index contributed by atoms with van der Waals surface area (Å²) < 4.78 is 5.67. The summed E-state index contributed by atoms with van der Waals surface area (Å²) in [5, 5.41) is 6.71. The zero-order valence-corrected chi connectivity index (χ0v) is 15.1. The quantitative estimate of drug-likeness (QED) is 0.436. The summed E-state index contributed by atoms with van der Waals surface area (Å²) in [6.45, 7) is 8.29. The Balaban J connectivity index is 1.54. The van der Waals surface area contributed by atoms with Crippen molar-refractivity contribution in [3.8, 4) is 5.75 Å². The average Bonchev–Trinajstić information content (AvgIpc) is 2.65. The number of guanidine groups is 1. The van der Waals surface area contributed by atoms with Gasteiger partial charge in [0.15, 0.2) is 5.96 Å². The molecule has 1 saturated heterocycles. The van der Waals surface area contributed by atoms with Crippen LogP contribution in [0.15, 0.2) is 35.3 Å². The predicted molar refractivity (Wildman–Crippen MR) is 101 cm³/mol. The van der Waals surface area contributed by atoms with Gasteiger partial charge in [0.25, 0.3) is 0 Å². The third-order valence-electron chi connectivity index (χ3n) is 4.63. The van der Waals surface area contributed by atoms with Gasteiger partial charge in [-0.2, -0.15) is 0 Å². The second-order valence-corrected chi connectivity index (χ2v) is 6.25. The van der Waals surface area contributed by atoms with Crippen molar-refractivity contribution in [1.29, 1.82) is 0 Å². The summed E-state index contributed by atoms with van der Waals surface area (Å²) >= 11 is 0. The first-order chi connectivity index (χ1) is 11.8. The van der Waals surface area contributed by atoms with Gasteiger partial charge in [0, 0.05) is 13.6 Å². The molecular formula is C19H32N4O. The van der Waals surface area contributed by atoms with Crippen LogP contribution in [0.1, 0.15) is 26.2 Å². The minimum Gasteiger partial charge on any atom is -0.492 e. The van der Waals surface area contributed by atoms with E-state index in [2.05, 4.69) is 27.4 Å². The van der Waals surface area contributed by atoms with Crippen LogP contribution in [-0.2, 0) is 0 Å². The Morgan fingerprint density at radius 1 is 1.17 bits per heavy atom. The van der Waals surface area contributed by atoms with Gasteiger partial charge in [-0.15, -0.1) is 0 Å². The van der Waals surface area contributed by atoms with Gasteiger partial charge in [0.05, 0.1) is 6.54 Å². The number of benzene rings is 1. The lowest BCUT2D eigenvalue weighted by atomic mass is 9.93. The number of nitrogens with one attached hydrogen (secondary N) is 2. The van der Waals surface area contributed by atoms with E-state index in [1.165, 1.54) is 38.9 Å². The summed E-state index contributed by atoms with van der Waals surface area (Å²) in [6, 6.07) is 9.89. The first-order valence-corrected chi connectivity index (χ1v) is 9.16. The summed E-state index contributed by atoms with van der Waals surface area (Å²) in [5.41, 5.74) is 0. The third-order valence-corrected chi connectivity index (χ3v) is 4.63. The maximum absolute atomic E-state index is 5.67. The molecule has 1 aromatic carbocycles. The molecule has 0 atom stereocenters. The molecule has 0 bridgehead atoms. The number of para-hydroxylation sites is 1. The summed E-state index contributed by atoms with van der Waals surface area (Å²) in [5.74, 6) is 2.61. The normalized spacial score (nSPS) is 16.8. The van der Waals surface area contributed by atoms with Crippen molar-refractivity contribution >= 4 is 5.96 Å². The van der Waals surface area contributed by atoms with Crippen molar-refractivity contribution in [3.63, 3.8) is 0 Å². The monoisotopic (exact) mass is 332 g/mol. The maximum Gasteiger partial charge on any atom is 0.191 e. The van der Waals surface area contributed by atoms with Crippen LogP contribution in [0.2, 0.25) is 0 Å². The van der Waals surface area contributed by atoms with E-state index in [-0.39, 0.29) is 0 Å². The molecule has 5 nitrogen and oxygen atoms in total. The van der Waals surface area contributed by atoms with Gasteiger partial charge in [-0.25, -0.2) is 0 Å². The van der Waals surface area contributed by atoms with E-state index in [4.69, 9.17) is 4.74 Å². The summed E-state index contributed by atoms with van der Waals surface area (Å²) in [4.78, 5) is 6.81. The van der Waals surface area contributed by atoms with Crippen LogP contribution in [-0.4, -0.2) is 57.2 Å². The molecule has 24 heavy (non-hydrogen) atoms. The molecule has 0 saturated carbocycles. The standard InChI is InChI=1S/C19H32N4O/c1-3-23-14-10-17(11-15-23)9-12-21-19(20-2)22-13-16-24-18-7-5-4-6-8-18/h4-8,17H,3,9-16H2,1-2H3,(H2,20,21,22). The van der Waals surface area contributed by atoms with E-state index in [9.17, 15) is 0 Å². The minimum absolute atomic E-state index is 0.625. The lowest BCUT2D eigenvalue weighted by Crippen LogP contribution is -2.40. The van der Waals surface area contributed by atoms with E-state index in [1.54, 1.807) is 0 Å². The maximum atomic E-state index is 5.67. The number of likely N-dealkylation sites (tertiary alicyclic amines) is 1. The Labute approximate surface area is 146 Å². The van der Waals surface area contributed by atoms with Crippen molar-refractivity contribution in [3.05, 3.63) is 30.3 Å². The van der Waals surface area contributed by atoms with Crippen molar-refractivity contribution in [2.45, 2.75) is 26.2 Å². The molecule has 2 rings (SSSR count). The highest BCUT2D eigenvalue weighted by Gasteiger charge is 2.17. The smallest absolute Gasteiger partial charge is 0.191 e. The molecule has 134 valence electrons. The van der Waals surface area contributed by atoms with Gasteiger partial charge in [-0.3, -0.25) is 4.99 Å². The summed E-state index contributed by atoms with van der Waals surface area (Å²) in [6.07, 6.45) is 3.87. The van der Waals surface area contributed by atoms with Crippen LogP contribution in [0.25, 0.3) is 0 Å². The SMILES string of the molecule is CCN1CCC(CCNC(=NC)NCCOc2ccccc2)CC1. The number of ether oxygens (including phenoxy) is 1. The number of rotatable bonds is 8. The molecule has 1 fully saturated rings. The van der Waals surface area contributed by atoms with Gasteiger partial charge in [0.2, 0.25) is 0 Å². The molecule has 1 aliphatic rings. The average molecular weight is 332 g/mol. The first-order valence-electron chi connectivity index (χ1n) is 9.16. The van der Waals surface area contributed by atoms with Gasteiger partial charge in [-0.05, 0) is 56.9 Å². The number of aliphatic imine (C=N–C) groups is 1. The number of nitrogens with zero attached hydrogens (tertiary/aromatic N) is 2. The Morgan fingerprint density at radius 3 is 2.54 bits per heavy atom. The van der Waals surface area contributed by atoms with Crippen LogP contribution >= 0.6 is 0 Å². The first kappa shape index (κ1) is 18.6. The highest BCUT2D eigenvalue weighted by Crippen LogP contribution is 2.19. The van der Waals surface area contributed by atoms with E-state index in [0.29, 0.717) is 6.61 Å². The van der Waals surface area contributed by atoms with Crippen molar-refractivity contribution in [1.82, 2.24) is 15.5 Å². The topological polar surface area (TPSA) is 48.9 Å². The lowest BCUT2D eigenvalue weighted by molar-refractivity contribution is 0.187. The van der Waals surface area contributed by atoms with Crippen molar-refractivity contribution in [2.24, 2.45) is 10.9 Å². The Bertz CT molecular complexity index is 470. The number of hydrogen-bond donors (Lipinski definition) is 2. The zero-order chi connectivity index (χ0) is 17.0. The molecule has 1 aromatic rings. The third kappa shape index (κ3) is 6.79. The molecule has 1 aliphatic heterocycles. The lowest BCUT2D eigenvalue weighted by Gasteiger charge is -2.31. The Hall–Kier alpha value is -1.75. The van der Waals surface area contributed by atoms with E-state index in [0.717, 1.165) is 30.7 Å². The fourth-order valence-corrected chi connectivity index (χ4v) is 3.06. The number of hydrogen-bond acceptors (Lipinski definition) is 3. The number of piperidine rings is 1. The molecule has 2 N–H and O–H groups in total. The van der Waals surface area contributed by atoms with E-state index >= 15 is 0 Å². The molecule has 0 aromatic heterocycles. The van der Waals surface area contributed by atoms with Gasteiger partial charge >= 0.3 is 0 Å². The van der Waals surface area contributed by atoms with E-state index in [1.807, 2.05) is 37.4 Å². The highest BCUT2D eigenvalue weighted by atomic mass is 16.5. The van der Waals surface area contributed by atoms with Gasteiger partial charge < -0.3 is 20.3 Å². The Morgan fingerprint density at radius 2 is 1.88 bits per heavy atom. The molecule has 0 spiro atoms. The van der Waals surface area contributed by atoms with E-state index < -0.39 is 0 Å². The van der Waals surface area contributed by atoms with Gasteiger partial charge in [0.1, 0.15) is 12.4 Å². The van der Waals surface area contributed by atoms with Crippen LogP contribution in [0.3, 0.4) is 0 Å². The second-order valence-electron chi connectivity index (χ2n) is 6.25. The zero-order valence-electron chi connectivity index (χ0n) is 15.1. The van der Waals surface area contributed by atoms with Crippen molar-refractivity contribution < 1.29 is 4.74 Å². The largest absolute Gasteiger partial charge is 0.492 e. The molecule has 0 radical (unpaired) electrons. The molecular weight excluding hydrogens is 300 g/mol. The molecule has 0 aliphatic carbocycles. The van der Waals surface area contributed by atoms with Crippen molar-refractivity contribution in [2.75, 3.05) is 46.4 Å². The van der Waals surface area contributed by atoms with Crippen LogP contribution < -0.4 is 15.4 Å². The van der Waals surface area contributed by atoms with Crippen LogP contribution in [0, 0.1) is 5.92 Å². The molecule has 1 heterocycles. The fourth-order valence-electron chi connectivity index (χ4n) is 3.06. The molecule has 0 unspecified atom stereocenters. The predicted octanol–water partition coefficient (Wildman–Crippen LogP) is 2.35. The van der Waals surface area contributed by atoms with Crippen LogP contribution in [0.4, 0.5) is 0 Å². The minimum atomic E-state index is 0.625. The highest BCUT2D eigenvalue weighted by molar-refractivity contribution is 5.79. The Kier molecular flexibility index (Phi) is 8.46. The summed E-state index contributed by atoms with van der Waals surface area (Å²) in [7, 11) is 1.81. The molecule has 0 amide bonds. The van der Waals surface area contributed by atoms with Crippen LogP contribution in [0.5, 0.6) is 5.75 Å². The fraction of sp³-hybridized carbons (Fsp3) is 0.632. The second kappa shape index (κ2) is 10.9. The van der Waals surface area contributed by atoms with Gasteiger partial charge in [-0.1, -0.05) is 25.1 Å². The molecule has 5 heteroatoms.